The van der Waals surface area contributed by atoms with Gasteiger partial charge in [0.2, 0.25) is 0 Å². The van der Waals surface area contributed by atoms with Gasteiger partial charge in [0.1, 0.15) is 12.4 Å². The predicted molar refractivity (Wildman–Crippen MR) is 126 cm³/mol. The largest absolute Gasteiger partial charge is 0.488 e. The van der Waals surface area contributed by atoms with Crippen molar-refractivity contribution in [3.05, 3.63) is 117 Å². The van der Waals surface area contributed by atoms with E-state index in [1.165, 1.54) is 12.1 Å². The second-order valence-corrected chi connectivity index (χ2v) is 7.46. The first-order chi connectivity index (χ1) is 15.6. The fourth-order valence-electron chi connectivity index (χ4n) is 3.43. The number of halogens is 1. The summed E-state index contributed by atoms with van der Waals surface area (Å²) < 4.78 is 6.11. The van der Waals surface area contributed by atoms with Gasteiger partial charge >= 0.3 is 0 Å². The molecule has 4 rings (SSSR count). The van der Waals surface area contributed by atoms with Crippen molar-refractivity contribution in [1.29, 1.82) is 5.26 Å². The van der Waals surface area contributed by atoms with Gasteiger partial charge < -0.3 is 4.74 Å². The summed E-state index contributed by atoms with van der Waals surface area (Å²) in [5.74, 6) is 0.585. The van der Waals surface area contributed by atoms with Crippen molar-refractivity contribution in [2.24, 2.45) is 0 Å². The van der Waals surface area contributed by atoms with E-state index in [1.807, 2.05) is 54.6 Å². The molecule has 0 unspecified atom stereocenters. The van der Waals surface area contributed by atoms with Crippen LogP contribution in [0.15, 0.2) is 84.9 Å². The minimum absolute atomic E-state index is 0.0724. The molecule has 0 fully saturated rings. The molecule has 0 aliphatic heterocycles. The smallest absolute Gasteiger partial charge is 0.270 e. The van der Waals surface area contributed by atoms with E-state index in [0.29, 0.717) is 21.9 Å². The number of nitriles is 1. The maximum Gasteiger partial charge on any atom is 0.270 e. The topological polar surface area (TPSA) is 76.2 Å². The van der Waals surface area contributed by atoms with Gasteiger partial charge in [0.25, 0.3) is 5.69 Å². The van der Waals surface area contributed by atoms with Gasteiger partial charge in [-0.05, 0) is 34.5 Å². The van der Waals surface area contributed by atoms with E-state index in [-0.39, 0.29) is 12.3 Å². The SMILES string of the molecule is N#C/C(=C/c1c(OCc2ccccc2Cl)ccc2ccccc12)c1cccc([N+](=O)[O-])c1. The van der Waals surface area contributed by atoms with Crippen LogP contribution in [0.4, 0.5) is 5.69 Å². The molecular weight excluding hydrogens is 424 g/mol. The molecule has 0 heterocycles. The molecule has 0 aliphatic carbocycles. The van der Waals surface area contributed by atoms with Gasteiger partial charge in [0.05, 0.1) is 16.6 Å². The second-order valence-electron chi connectivity index (χ2n) is 7.06. The van der Waals surface area contributed by atoms with Crippen LogP contribution in [-0.4, -0.2) is 4.92 Å². The zero-order valence-electron chi connectivity index (χ0n) is 16.9. The number of nitro benzene ring substituents is 1. The van der Waals surface area contributed by atoms with E-state index in [2.05, 4.69) is 6.07 Å². The summed E-state index contributed by atoms with van der Waals surface area (Å²) in [5, 5.41) is 23.5. The first-order valence-electron chi connectivity index (χ1n) is 9.81. The molecule has 4 aromatic rings. The number of benzene rings is 4. The van der Waals surface area contributed by atoms with Gasteiger partial charge in [0.15, 0.2) is 0 Å². The van der Waals surface area contributed by atoms with E-state index in [1.54, 1.807) is 24.3 Å². The van der Waals surface area contributed by atoms with E-state index in [4.69, 9.17) is 16.3 Å². The summed E-state index contributed by atoms with van der Waals surface area (Å²) in [5.41, 5.74) is 2.26. The van der Waals surface area contributed by atoms with E-state index < -0.39 is 4.92 Å². The van der Waals surface area contributed by atoms with E-state index in [9.17, 15) is 15.4 Å². The lowest BCUT2D eigenvalue weighted by molar-refractivity contribution is -0.384. The van der Waals surface area contributed by atoms with Crippen LogP contribution in [0, 0.1) is 21.4 Å². The quantitative estimate of drug-likeness (QED) is 0.139. The molecular formula is C26H17ClN2O3. The highest BCUT2D eigenvalue weighted by molar-refractivity contribution is 6.31. The first-order valence-corrected chi connectivity index (χ1v) is 10.2. The molecule has 0 atom stereocenters. The minimum atomic E-state index is -0.478. The first kappa shape index (κ1) is 21.1. The predicted octanol–water partition coefficient (Wildman–Crippen LogP) is 7.04. The Morgan fingerprint density at radius 2 is 1.81 bits per heavy atom. The van der Waals surface area contributed by atoms with Crippen LogP contribution in [0.1, 0.15) is 16.7 Å². The molecule has 0 saturated carbocycles. The van der Waals surface area contributed by atoms with Crippen molar-refractivity contribution in [3.63, 3.8) is 0 Å². The maximum atomic E-state index is 11.2. The van der Waals surface area contributed by atoms with Crippen molar-refractivity contribution in [3.8, 4) is 11.8 Å². The number of nitrogens with zero attached hydrogens (tertiary/aromatic N) is 2. The number of hydrogen-bond donors (Lipinski definition) is 0. The molecule has 0 radical (unpaired) electrons. The molecule has 0 spiro atoms. The fraction of sp³-hybridized carbons (Fsp3) is 0.0385. The Balaban J connectivity index is 1.81. The Morgan fingerprint density at radius 3 is 2.59 bits per heavy atom. The molecule has 0 bridgehead atoms. The number of fused-ring (bicyclic) bond motifs is 1. The average Bonchev–Trinajstić information content (AvgIpc) is 2.82. The molecule has 0 saturated heterocycles. The molecule has 0 N–H and O–H groups in total. The fourth-order valence-corrected chi connectivity index (χ4v) is 3.62. The molecule has 5 nitrogen and oxygen atoms in total. The van der Waals surface area contributed by atoms with Crippen LogP contribution in [0.2, 0.25) is 5.02 Å². The Bertz CT molecular complexity index is 1390. The number of hydrogen-bond acceptors (Lipinski definition) is 4. The van der Waals surface area contributed by atoms with Gasteiger partial charge in [-0.25, -0.2) is 0 Å². The lowest BCUT2D eigenvalue weighted by atomic mass is 9.98. The summed E-state index contributed by atoms with van der Waals surface area (Å²) in [6.45, 7) is 0.261. The normalized spacial score (nSPS) is 11.2. The van der Waals surface area contributed by atoms with Gasteiger partial charge in [-0.2, -0.15) is 5.26 Å². The van der Waals surface area contributed by atoms with Gasteiger partial charge in [0, 0.05) is 28.3 Å². The van der Waals surface area contributed by atoms with E-state index >= 15 is 0 Å². The highest BCUT2D eigenvalue weighted by Crippen LogP contribution is 2.33. The standard InChI is InChI=1S/C26H17ClN2O3/c27-25-11-4-2-7-20(25)17-32-26-13-12-18-6-1-3-10-23(18)24(26)15-21(16-28)19-8-5-9-22(14-19)29(30)31/h1-15H,17H2/b21-15-. The van der Waals surface area contributed by atoms with Gasteiger partial charge in [-0.15, -0.1) is 0 Å². The van der Waals surface area contributed by atoms with Crippen molar-refractivity contribution >= 4 is 39.7 Å². The van der Waals surface area contributed by atoms with Crippen molar-refractivity contribution in [2.75, 3.05) is 0 Å². The Hall–Kier alpha value is -4.14. The van der Waals surface area contributed by atoms with Gasteiger partial charge in [-0.1, -0.05) is 72.3 Å². The summed E-state index contributed by atoms with van der Waals surface area (Å²) in [6, 6.07) is 27.2. The number of allylic oxidation sites excluding steroid dienone is 1. The monoisotopic (exact) mass is 440 g/mol. The van der Waals surface area contributed by atoms with E-state index in [0.717, 1.165) is 21.9 Å². The molecule has 0 aromatic heterocycles. The molecule has 156 valence electrons. The lowest BCUT2D eigenvalue weighted by Crippen LogP contribution is -1.98. The third-order valence-electron chi connectivity index (χ3n) is 5.05. The van der Waals surface area contributed by atoms with Crippen LogP contribution in [0.25, 0.3) is 22.4 Å². The molecule has 0 amide bonds. The molecule has 4 aromatic carbocycles. The Kier molecular flexibility index (Phi) is 6.16. The summed E-state index contributed by atoms with van der Waals surface area (Å²) in [7, 11) is 0. The average molecular weight is 441 g/mol. The summed E-state index contributed by atoms with van der Waals surface area (Å²) in [4.78, 5) is 10.7. The van der Waals surface area contributed by atoms with Crippen LogP contribution in [-0.2, 0) is 6.61 Å². The molecule has 0 aliphatic rings. The highest BCUT2D eigenvalue weighted by Gasteiger charge is 2.13. The van der Waals surface area contributed by atoms with Gasteiger partial charge in [-0.3, -0.25) is 10.1 Å². The third kappa shape index (κ3) is 4.46. The number of nitro groups is 1. The third-order valence-corrected chi connectivity index (χ3v) is 5.42. The summed E-state index contributed by atoms with van der Waals surface area (Å²) in [6.07, 6.45) is 1.71. The molecule has 6 heteroatoms. The summed E-state index contributed by atoms with van der Waals surface area (Å²) >= 11 is 6.26. The zero-order chi connectivity index (χ0) is 22.5. The zero-order valence-corrected chi connectivity index (χ0v) is 17.6. The lowest BCUT2D eigenvalue weighted by Gasteiger charge is -2.13. The molecule has 32 heavy (non-hydrogen) atoms. The van der Waals surface area contributed by atoms with Crippen LogP contribution >= 0.6 is 11.6 Å². The Morgan fingerprint density at radius 1 is 1.03 bits per heavy atom. The minimum Gasteiger partial charge on any atom is -0.488 e. The second kappa shape index (κ2) is 9.34. The van der Waals surface area contributed by atoms with Crippen molar-refractivity contribution < 1.29 is 9.66 Å². The Labute approximate surface area is 189 Å². The van der Waals surface area contributed by atoms with Crippen molar-refractivity contribution in [2.45, 2.75) is 6.61 Å². The highest BCUT2D eigenvalue weighted by atomic mass is 35.5. The number of ether oxygens (including phenoxy) is 1. The number of rotatable bonds is 6. The van der Waals surface area contributed by atoms with Crippen LogP contribution in [0.5, 0.6) is 5.75 Å². The van der Waals surface area contributed by atoms with Crippen molar-refractivity contribution in [1.82, 2.24) is 0 Å². The van der Waals surface area contributed by atoms with Crippen LogP contribution < -0.4 is 4.74 Å². The van der Waals surface area contributed by atoms with Crippen LogP contribution in [0.3, 0.4) is 0 Å². The maximum absolute atomic E-state index is 11.2. The number of non-ortho nitro benzene ring substituents is 1.